The molecule has 2 aromatic carbocycles. The van der Waals surface area contributed by atoms with Gasteiger partial charge in [0.15, 0.2) is 5.65 Å². The standard InChI is InChI=1S/C28H30N6O3S/c1-4-5-6-25-32-26-19(2)17-20(3)31-27(26)34(25)23-11-7-21(8-12-23)15-16-30-28(35)33-38(36,37)24-13-9-22(18-29)10-14-24/h1,7-14,17H,5-6,15-16,18,29H2,2-3H3,(H2,30,33,35). The number of imidazole rings is 1. The van der Waals surface area contributed by atoms with E-state index in [0.29, 0.717) is 25.8 Å². The van der Waals surface area contributed by atoms with Gasteiger partial charge >= 0.3 is 6.03 Å². The molecule has 4 aromatic rings. The molecule has 0 spiro atoms. The number of sulfonamides is 1. The van der Waals surface area contributed by atoms with Gasteiger partial charge < -0.3 is 11.1 Å². The summed E-state index contributed by atoms with van der Waals surface area (Å²) >= 11 is 0. The second-order valence-corrected chi connectivity index (χ2v) is 10.6. The average molecular weight is 531 g/mol. The van der Waals surface area contributed by atoms with Crippen molar-refractivity contribution in [3.63, 3.8) is 0 Å². The first-order chi connectivity index (χ1) is 18.2. The third kappa shape index (κ3) is 6.02. The Morgan fingerprint density at radius 3 is 2.37 bits per heavy atom. The summed E-state index contributed by atoms with van der Waals surface area (Å²) in [4.78, 5) is 21.7. The summed E-state index contributed by atoms with van der Waals surface area (Å²) in [5.41, 5.74) is 11.8. The number of benzene rings is 2. The molecule has 0 radical (unpaired) electrons. The van der Waals surface area contributed by atoms with Crippen LogP contribution in [0, 0.1) is 26.2 Å². The quantitative estimate of drug-likeness (QED) is 0.285. The normalized spacial score (nSPS) is 11.3. The fraction of sp³-hybridized carbons (Fsp3) is 0.250. The maximum Gasteiger partial charge on any atom is 0.328 e. The molecule has 9 nitrogen and oxygen atoms in total. The van der Waals surface area contributed by atoms with E-state index < -0.39 is 16.1 Å². The first-order valence-corrected chi connectivity index (χ1v) is 13.7. The van der Waals surface area contributed by atoms with Crippen molar-refractivity contribution >= 4 is 27.2 Å². The van der Waals surface area contributed by atoms with E-state index in [-0.39, 0.29) is 11.4 Å². The van der Waals surface area contributed by atoms with E-state index in [0.717, 1.165) is 45.1 Å². The summed E-state index contributed by atoms with van der Waals surface area (Å²) in [7, 11) is -3.98. The minimum Gasteiger partial charge on any atom is -0.337 e. The summed E-state index contributed by atoms with van der Waals surface area (Å²) in [5, 5.41) is 2.60. The molecular weight excluding hydrogens is 500 g/mol. The third-order valence-electron chi connectivity index (χ3n) is 6.09. The highest BCUT2D eigenvalue weighted by Gasteiger charge is 2.18. The van der Waals surface area contributed by atoms with Crippen molar-refractivity contribution in [2.24, 2.45) is 5.73 Å². The lowest BCUT2D eigenvalue weighted by molar-refractivity contribution is 0.246. The lowest BCUT2D eigenvalue weighted by Crippen LogP contribution is -2.40. The number of amides is 2. The van der Waals surface area contributed by atoms with E-state index in [1.807, 2.05) is 53.5 Å². The van der Waals surface area contributed by atoms with E-state index in [1.54, 1.807) is 12.1 Å². The zero-order valence-electron chi connectivity index (χ0n) is 21.4. The highest BCUT2D eigenvalue weighted by atomic mass is 32.2. The van der Waals surface area contributed by atoms with Crippen molar-refractivity contribution in [2.75, 3.05) is 6.54 Å². The molecule has 2 heterocycles. The smallest absolute Gasteiger partial charge is 0.328 e. The second kappa shape index (κ2) is 11.5. The Labute approximate surface area is 222 Å². The van der Waals surface area contributed by atoms with Crippen LogP contribution in [0.25, 0.3) is 16.9 Å². The molecule has 0 aliphatic heterocycles. The van der Waals surface area contributed by atoms with Gasteiger partial charge in [0.05, 0.1) is 4.90 Å². The van der Waals surface area contributed by atoms with Gasteiger partial charge in [-0.15, -0.1) is 12.3 Å². The van der Waals surface area contributed by atoms with Gasteiger partial charge in [-0.25, -0.2) is 27.9 Å². The molecule has 0 saturated heterocycles. The van der Waals surface area contributed by atoms with Crippen LogP contribution in [0.3, 0.4) is 0 Å². The Morgan fingerprint density at radius 2 is 1.71 bits per heavy atom. The monoisotopic (exact) mass is 530 g/mol. The fourth-order valence-electron chi connectivity index (χ4n) is 4.18. The van der Waals surface area contributed by atoms with Crippen molar-refractivity contribution in [1.82, 2.24) is 24.6 Å². The number of pyridine rings is 1. The van der Waals surface area contributed by atoms with Gasteiger partial charge in [-0.05, 0) is 67.3 Å². The number of nitrogens with zero attached hydrogens (tertiary/aromatic N) is 3. The number of fused-ring (bicyclic) bond motifs is 1. The van der Waals surface area contributed by atoms with Crippen molar-refractivity contribution in [3.8, 4) is 18.0 Å². The van der Waals surface area contributed by atoms with Crippen molar-refractivity contribution in [1.29, 1.82) is 0 Å². The largest absolute Gasteiger partial charge is 0.337 e. The van der Waals surface area contributed by atoms with Gasteiger partial charge in [-0.1, -0.05) is 24.3 Å². The Hall–Kier alpha value is -4.20. The molecule has 4 rings (SSSR count). The molecule has 0 fully saturated rings. The molecule has 196 valence electrons. The number of aryl methyl sites for hydroxylation is 3. The van der Waals surface area contributed by atoms with E-state index in [4.69, 9.17) is 22.1 Å². The molecule has 0 unspecified atom stereocenters. The molecule has 10 heteroatoms. The van der Waals surface area contributed by atoms with E-state index in [1.165, 1.54) is 12.1 Å². The van der Waals surface area contributed by atoms with Crippen LogP contribution in [0.1, 0.15) is 34.6 Å². The predicted molar refractivity (Wildman–Crippen MR) is 147 cm³/mol. The molecule has 0 bridgehead atoms. The predicted octanol–water partition coefficient (Wildman–Crippen LogP) is 3.29. The van der Waals surface area contributed by atoms with E-state index >= 15 is 0 Å². The number of hydrogen-bond donors (Lipinski definition) is 3. The van der Waals surface area contributed by atoms with E-state index in [2.05, 4.69) is 11.2 Å². The number of carbonyl (C=O) groups is 1. The number of nitrogens with two attached hydrogens (primary N) is 1. The van der Waals surface area contributed by atoms with Gasteiger partial charge in [-0.2, -0.15) is 0 Å². The van der Waals surface area contributed by atoms with Crippen molar-refractivity contribution < 1.29 is 13.2 Å². The molecule has 0 atom stereocenters. The topological polar surface area (TPSA) is 132 Å². The van der Waals surface area contributed by atoms with Crippen LogP contribution in [-0.4, -0.2) is 35.5 Å². The minimum absolute atomic E-state index is 0.00560. The molecule has 0 saturated carbocycles. The Balaban J connectivity index is 1.42. The van der Waals surface area contributed by atoms with Crippen LogP contribution in [-0.2, 0) is 29.4 Å². The number of nitrogens with one attached hydrogen (secondary N) is 2. The zero-order valence-corrected chi connectivity index (χ0v) is 22.2. The summed E-state index contributed by atoms with van der Waals surface area (Å²) in [6.07, 6.45) is 7.22. The van der Waals surface area contributed by atoms with Gasteiger partial charge in [0.1, 0.15) is 11.3 Å². The zero-order chi connectivity index (χ0) is 27.3. The van der Waals surface area contributed by atoms with Crippen LogP contribution in [0.2, 0.25) is 0 Å². The number of rotatable bonds is 9. The molecule has 2 amide bonds. The Kier molecular flexibility index (Phi) is 8.10. The Morgan fingerprint density at radius 1 is 1.03 bits per heavy atom. The number of terminal acetylenes is 1. The number of carbonyl (C=O) groups excluding carboxylic acids is 1. The molecule has 2 aromatic heterocycles. The maximum atomic E-state index is 12.4. The van der Waals surface area contributed by atoms with Crippen molar-refractivity contribution in [2.45, 2.75) is 44.6 Å². The SMILES string of the molecule is C#CCCc1nc2c(C)cc(C)nc2n1-c1ccc(CCNC(=O)NS(=O)(=O)c2ccc(CN)cc2)cc1. The fourth-order valence-corrected chi connectivity index (χ4v) is 5.11. The van der Waals surface area contributed by atoms with Crippen LogP contribution >= 0.6 is 0 Å². The van der Waals surface area contributed by atoms with Crippen LogP contribution in [0.4, 0.5) is 4.79 Å². The van der Waals surface area contributed by atoms with Crippen LogP contribution in [0.5, 0.6) is 0 Å². The number of aromatic nitrogens is 3. The van der Waals surface area contributed by atoms with Crippen LogP contribution in [0.15, 0.2) is 59.5 Å². The molecule has 0 aliphatic rings. The maximum absolute atomic E-state index is 12.4. The van der Waals surface area contributed by atoms with Gasteiger partial charge in [0.2, 0.25) is 0 Å². The second-order valence-electron chi connectivity index (χ2n) is 8.95. The van der Waals surface area contributed by atoms with Gasteiger partial charge in [0, 0.05) is 37.3 Å². The molecule has 4 N–H and O–H groups in total. The summed E-state index contributed by atoms with van der Waals surface area (Å²) in [6.45, 7) is 4.54. The average Bonchev–Trinajstić information content (AvgIpc) is 3.26. The molecular formula is C28H30N6O3S. The lowest BCUT2D eigenvalue weighted by Gasteiger charge is -2.11. The molecule has 38 heavy (non-hydrogen) atoms. The molecule has 0 aliphatic carbocycles. The van der Waals surface area contributed by atoms with Gasteiger partial charge in [0.25, 0.3) is 10.0 Å². The highest BCUT2D eigenvalue weighted by Crippen LogP contribution is 2.24. The van der Waals surface area contributed by atoms with Gasteiger partial charge in [-0.3, -0.25) is 4.57 Å². The van der Waals surface area contributed by atoms with E-state index in [9.17, 15) is 13.2 Å². The van der Waals surface area contributed by atoms with Crippen LogP contribution < -0.4 is 15.8 Å². The first kappa shape index (κ1) is 26.9. The summed E-state index contributed by atoms with van der Waals surface area (Å²) in [6, 6.07) is 15.2. The highest BCUT2D eigenvalue weighted by molar-refractivity contribution is 7.90. The minimum atomic E-state index is -3.98. The first-order valence-electron chi connectivity index (χ1n) is 12.2. The Bertz CT molecular complexity index is 1600. The lowest BCUT2D eigenvalue weighted by atomic mass is 10.1. The van der Waals surface area contributed by atoms with Crippen molar-refractivity contribution in [3.05, 3.63) is 82.8 Å². The summed E-state index contributed by atoms with van der Waals surface area (Å²) < 4.78 is 28.9. The third-order valence-corrected chi connectivity index (χ3v) is 7.43. The number of hydrogen-bond acceptors (Lipinski definition) is 6. The number of urea groups is 1. The summed E-state index contributed by atoms with van der Waals surface area (Å²) in [5.74, 6) is 3.53.